The number of hydrogen-bond donors (Lipinski definition) is 1. The van der Waals surface area contributed by atoms with Crippen LogP contribution in [0, 0.1) is 11.3 Å². The van der Waals surface area contributed by atoms with Crippen molar-refractivity contribution in [3.63, 3.8) is 0 Å². The number of nitrogens with zero attached hydrogens (tertiary/aromatic N) is 2. The van der Waals surface area contributed by atoms with Crippen LogP contribution < -0.4 is 10.2 Å². The predicted molar refractivity (Wildman–Crippen MR) is 81.8 cm³/mol. The van der Waals surface area contributed by atoms with Gasteiger partial charge in [0.15, 0.2) is 0 Å². The van der Waals surface area contributed by atoms with Crippen LogP contribution in [0.2, 0.25) is 0 Å². The summed E-state index contributed by atoms with van der Waals surface area (Å²) in [4.78, 5) is 3.37. The topological polar surface area (TPSA) is 39.1 Å². The molecule has 0 bridgehead atoms. The van der Waals surface area contributed by atoms with E-state index in [0.29, 0.717) is 6.04 Å². The van der Waals surface area contributed by atoms with Gasteiger partial charge in [-0.05, 0) is 50.7 Å². The highest BCUT2D eigenvalue weighted by Gasteiger charge is 2.20. The van der Waals surface area contributed by atoms with Crippen LogP contribution in [-0.4, -0.2) is 32.4 Å². The van der Waals surface area contributed by atoms with Gasteiger partial charge in [0.1, 0.15) is 6.07 Å². The maximum Gasteiger partial charge on any atom is 0.103 e. The first kappa shape index (κ1) is 14.2. The normalized spacial score (nSPS) is 19.5. The maximum absolute atomic E-state index is 9.43. The van der Waals surface area contributed by atoms with Gasteiger partial charge in [0.25, 0.3) is 0 Å². The molecular formula is C15H21N3S. The first-order valence-electron chi connectivity index (χ1n) is 6.78. The lowest BCUT2D eigenvalue weighted by Crippen LogP contribution is -2.33. The lowest BCUT2D eigenvalue weighted by Gasteiger charge is -2.30. The Kier molecular flexibility index (Phi) is 5.12. The third-order valence-electron chi connectivity index (χ3n) is 3.81. The number of benzene rings is 1. The molecule has 1 aliphatic rings. The van der Waals surface area contributed by atoms with Crippen LogP contribution in [0.15, 0.2) is 23.1 Å². The summed E-state index contributed by atoms with van der Waals surface area (Å²) in [6.07, 6.45) is 5.57. The molecule has 19 heavy (non-hydrogen) atoms. The monoisotopic (exact) mass is 275 g/mol. The van der Waals surface area contributed by atoms with Crippen LogP contribution in [0.3, 0.4) is 0 Å². The van der Waals surface area contributed by atoms with Crippen LogP contribution >= 0.6 is 11.8 Å². The van der Waals surface area contributed by atoms with Crippen molar-refractivity contribution in [3.05, 3.63) is 23.8 Å². The first-order valence-corrected chi connectivity index (χ1v) is 8.01. The molecule has 1 unspecified atom stereocenters. The van der Waals surface area contributed by atoms with Gasteiger partial charge in [0, 0.05) is 18.0 Å². The van der Waals surface area contributed by atoms with E-state index >= 15 is 0 Å². The second-order valence-electron chi connectivity index (χ2n) is 4.91. The number of rotatable bonds is 3. The van der Waals surface area contributed by atoms with E-state index in [4.69, 9.17) is 0 Å². The number of hydrogen-bond acceptors (Lipinski definition) is 4. The molecule has 4 heteroatoms. The van der Waals surface area contributed by atoms with E-state index in [2.05, 4.69) is 29.4 Å². The zero-order valence-electron chi connectivity index (χ0n) is 11.6. The molecule has 1 atom stereocenters. The average Bonchev–Trinajstić information content (AvgIpc) is 2.74. The molecule has 0 amide bonds. The minimum atomic E-state index is 0.527. The first-order chi connectivity index (χ1) is 9.27. The summed E-state index contributed by atoms with van der Waals surface area (Å²) >= 11 is 1.64. The largest absolute Gasteiger partial charge is 0.370 e. The lowest BCUT2D eigenvalue weighted by molar-refractivity contribution is 0.566. The molecule has 0 saturated carbocycles. The smallest absolute Gasteiger partial charge is 0.103 e. The van der Waals surface area contributed by atoms with Gasteiger partial charge in [-0.3, -0.25) is 0 Å². The summed E-state index contributed by atoms with van der Waals surface area (Å²) in [5.41, 5.74) is 1.89. The van der Waals surface area contributed by atoms with E-state index in [-0.39, 0.29) is 0 Å². The van der Waals surface area contributed by atoms with Gasteiger partial charge in [-0.25, -0.2) is 0 Å². The highest BCUT2D eigenvalue weighted by Crippen LogP contribution is 2.30. The van der Waals surface area contributed by atoms with E-state index in [9.17, 15) is 5.26 Å². The molecule has 1 saturated heterocycles. The number of anilines is 1. The van der Waals surface area contributed by atoms with Crippen LogP contribution in [-0.2, 0) is 0 Å². The summed E-state index contributed by atoms with van der Waals surface area (Å²) in [6, 6.07) is 9.04. The van der Waals surface area contributed by atoms with Gasteiger partial charge in [0.2, 0.25) is 0 Å². The van der Waals surface area contributed by atoms with Crippen molar-refractivity contribution in [3.8, 4) is 6.07 Å². The SMILES string of the molecule is CSc1cccc(N(C)C2CCCNCC2)c1C#N. The Bertz CT molecular complexity index is 459. The zero-order valence-corrected chi connectivity index (χ0v) is 12.5. The Morgan fingerprint density at radius 2 is 2.21 bits per heavy atom. The van der Waals surface area contributed by atoms with Gasteiger partial charge >= 0.3 is 0 Å². The number of nitrogens with one attached hydrogen (secondary N) is 1. The molecule has 0 aliphatic carbocycles. The van der Waals surface area contributed by atoms with Crippen molar-refractivity contribution in [2.75, 3.05) is 31.3 Å². The van der Waals surface area contributed by atoms with Crippen molar-refractivity contribution in [2.24, 2.45) is 0 Å². The van der Waals surface area contributed by atoms with Gasteiger partial charge in [-0.2, -0.15) is 5.26 Å². The number of thioether (sulfide) groups is 1. The van der Waals surface area contributed by atoms with Crippen molar-refractivity contribution in [2.45, 2.75) is 30.2 Å². The lowest BCUT2D eigenvalue weighted by atomic mass is 10.1. The van der Waals surface area contributed by atoms with E-state index in [1.54, 1.807) is 11.8 Å². The van der Waals surface area contributed by atoms with E-state index in [0.717, 1.165) is 35.7 Å². The highest BCUT2D eigenvalue weighted by molar-refractivity contribution is 7.98. The molecule has 1 aromatic rings. The van der Waals surface area contributed by atoms with Crippen LogP contribution in [0.5, 0.6) is 0 Å². The molecule has 1 aromatic carbocycles. The molecule has 0 aromatic heterocycles. The molecule has 0 radical (unpaired) electrons. The Balaban J connectivity index is 2.27. The molecule has 1 heterocycles. The molecule has 2 rings (SSSR count). The molecule has 1 N–H and O–H groups in total. The summed E-state index contributed by atoms with van der Waals surface area (Å²) in [6.45, 7) is 2.18. The van der Waals surface area contributed by atoms with Gasteiger partial charge < -0.3 is 10.2 Å². The summed E-state index contributed by atoms with van der Waals surface area (Å²) < 4.78 is 0. The van der Waals surface area contributed by atoms with Gasteiger partial charge in [-0.15, -0.1) is 11.8 Å². The summed E-state index contributed by atoms with van der Waals surface area (Å²) in [5.74, 6) is 0. The van der Waals surface area contributed by atoms with Crippen LogP contribution in [0.1, 0.15) is 24.8 Å². The van der Waals surface area contributed by atoms with E-state index in [1.165, 1.54) is 12.8 Å². The third-order valence-corrected chi connectivity index (χ3v) is 4.59. The summed E-state index contributed by atoms with van der Waals surface area (Å²) in [7, 11) is 2.12. The Morgan fingerprint density at radius 3 is 2.95 bits per heavy atom. The van der Waals surface area contributed by atoms with Crippen LogP contribution in [0.25, 0.3) is 0 Å². The Morgan fingerprint density at radius 1 is 1.37 bits per heavy atom. The van der Waals surface area contributed by atoms with E-state index < -0.39 is 0 Å². The molecule has 102 valence electrons. The standard InChI is InChI=1S/C15H21N3S/c1-18(12-5-4-9-17-10-8-12)14-6-3-7-15(19-2)13(14)11-16/h3,6-7,12,17H,4-5,8-10H2,1-2H3. The minimum Gasteiger partial charge on any atom is -0.370 e. The fraction of sp³-hybridized carbons (Fsp3) is 0.533. The van der Waals surface area contributed by atoms with Crippen molar-refractivity contribution in [1.82, 2.24) is 5.32 Å². The Hall–Kier alpha value is -1.18. The summed E-state index contributed by atoms with van der Waals surface area (Å²) in [5, 5.41) is 12.9. The quantitative estimate of drug-likeness (QED) is 0.861. The fourth-order valence-electron chi connectivity index (χ4n) is 2.68. The van der Waals surface area contributed by atoms with Crippen molar-refractivity contribution >= 4 is 17.4 Å². The van der Waals surface area contributed by atoms with Gasteiger partial charge in [-0.1, -0.05) is 6.07 Å². The molecule has 1 fully saturated rings. The zero-order chi connectivity index (χ0) is 13.7. The molecule has 0 spiro atoms. The maximum atomic E-state index is 9.43. The fourth-order valence-corrected chi connectivity index (χ4v) is 3.25. The highest BCUT2D eigenvalue weighted by atomic mass is 32.2. The van der Waals surface area contributed by atoms with Gasteiger partial charge in [0.05, 0.1) is 11.3 Å². The van der Waals surface area contributed by atoms with Crippen LogP contribution in [0.4, 0.5) is 5.69 Å². The molecular weight excluding hydrogens is 254 g/mol. The second-order valence-corrected chi connectivity index (χ2v) is 5.76. The Labute approximate surface area is 120 Å². The molecule has 1 aliphatic heterocycles. The van der Waals surface area contributed by atoms with E-state index in [1.807, 2.05) is 18.4 Å². The van der Waals surface area contributed by atoms with Crippen molar-refractivity contribution in [1.29, 1.82) is 5.26 Å². The predicted octanol–water partition coefficient (Wildman–Crippen LogP) is 2.86. The third kappa shape index (κ3) is 3.23. The minimum absolute atomic E-state index is 0.527. The second kappa shape index (κ2) is 6.83. The van der Waals surface area contributed by atoms with Crippen molar-refractivity contribution < 1.29 is 0 Å². The molecule has 3 nitrogen and oxygen atoms in total. The number of nitriles is 1. The average molecular weight is 275 g/mol.